The molecule has 3 rings (SSSR count). The Morgan fingerprint density at radius 2 is 1.88 bits per heavy atom. The number of rotatable bonds is 11. The summed E-state index contributed by atoms with van der Waals surface area (Å²) < 4.78 is 85.9. The van der Waals surface area contributed by atoms with Crippen molar-refractivity contribution in [2.45, 2.75) is 38.2 Å². The van der Waals surface area contributed by atoms with E-state index in [1.165, 1.54) is 0 Å². The van der Waals surface area contributed by atoms with Crippen LogP contribution in [0.5, 0.6) is 5.75 Å². The lowest BCUT2D eigenvalue weighted by Crippen LogP contribution is -2.34. The number of aromatic nitrogens is 1. The van der Waals surface area contributed by atoms with Gasteiger partial charge in [0.25, 0.3) is 5.91 Å². The largest absolute Gasteiger partial charge is 0.491 e. The van der Waals surface area contributed by atoms with E-state index in [4.69, 9.17) is 4.74 Å². The fourth-order valence-electron chi connectivity index (χ4n) is 3.75. The van der Waals surface area contributed by atoms with Gasteiger partial charge in [0.2, 0.25) is 0 Å². The van der Waals surface area contributed by atoms with Crippen molar-refractivity contribution in [3.05, 3.63) is 29.5 Å². The molecule has 1 aliphatic heterocycles. The highest BCUT2D eigenvalue weighted by Gasteiger charge is 2.40. The number of nitrogens with zero attached hydrogens (tertiary/aromatic N) is 5. The molecule has 1 amide bonds. The molecule has 41 heavy (non-hydrogen) atoms. The van der Waals surface area contributed by atoms with E-state index in [1.807, 2.05) is 19.0 Å². The highest BCUT2D eigenvalue weighted by Crippen LogP contribution is 2.32. The summed E-state index contributed by atoms with van der Waals surface area (Å²) in [6, 6.07) is 3.17. The number of halogens is 6. The molecule has 1 unspecified atom stereocenters. The zero-order chi connectivity index (χ0) is 30.4. The van der Waals surface area contributed by atoms with E-state index in [-0.39, 0.29) is 24.6 Å². The number of anilines is 3. The minimum atomic E-state index is -4.49. The molecule has 0 bridgehead atoms. The van der Waals surface area contributed by atoms with Gasteiger partial charge in [-0.15, -0.1) is 0 Å². The summed E-state index contributed by atoms with van der Waals surface area (Å²) in [5.41, 5.74) is 1.76. The predicted octanol–water partition coefficient (Wildman–Crippen LogP) is 5.25. The van der Waals surface area contributed by atoms with Gasteiger partial charge in [0.1, 0.15) is 16.6 Å². The first-order chi connectivity index (χ1) is 19.1. The van der Waals surface area contributed by atoms with Gasteiger partial charge in [-0.3, -0.25) is 14.8 Å². The van der Waals surface area contributed by atoms with E-state index in [0.717, 1.165) is 23.4 Å². The lowest BCUT2D eigenvalue weighted by Gasteiger charge is -2.20. The fourth-order valence-corrected chi connectivity index (χ4v) is 4.55. The van der Waals surface area contributed by atoms with Gasteiger partial charge in [-0.25, -0.2) is 0 Å². The predicted molar refractivity (Wildman–Crippen MR) is 148 cm³/mol. The summed E-state index contributed by atoms with van der Waals surface area (Å²) in [6.45, 7) is 1.62. The zero-order valence-corrected chi connectivity index (χ0v) is 23.7. The number of benzene rings is 1. The minimum Gasteiger partial charge on any atom is -0.491 e. The number of ether oxygens (including phenoxy) is 1. The maximum atomic E-state index is 13.2. The molecule has 226 valence electrons. The Hall–Kier alpha value is -3.40. The van der Waals surface area contributed by atoms with E-state index in [9.17, 15) is 31.1 Å². The van der Waals surface area contributed by atoms with Gasteiger partial charge in [0.05, 0.1) is 42.7 Å². The van der Waals surface area contributed by atoms with Gasteiger partial charge in [0, 0.05) is 38.9 Å². The van der Waals surface area contributed by atoms with Crippen LogP contribution in [0.2, 0.25) is 0 Å². The molecular formula is C25H31F6N7O2S. The van der Waals surface area contributed by atoms with E-state index < -0.39 is 37.3 Å². The molecule has 0 saturated heterocycles. The number of aryl methyl sites for hydroxylation is 1. The van der Waals surface area contributed by atoms with E-state index in [2.05, 4.69) is 25.0 Å². The van der Waals surface area contributed by atoms with Crippen LogP contribution in [-0.4, -0.2) is 93.0 Å². The van der Waals surface area contributed by atoms with Crippen molar-refractivity contribution in [2.24, 2.45) is 9.98 Å². The average Bonchev–Trinajstić information content (AvgIpc) is 3.24. The van der Waals surface area contributed by atoms with Gasteiger partial charge in [0.15, 0.2) is 6.04 Å². The molecular weight excluding hydrogens is 576 g/mol. The molecule has 2 heterocycles. The van der Waals surface area contributed by atoms with Crippen molar-refractivity contribution in [1.29, 1.82) is 0 Å². The number of nitrogens with one attached hydrogen (secondary N) is 2. The van der Waals surface area contributed by atoms with Gasteiger partial charge in [-0.2, -0.15) is 30.7 Å². The van der Waals surface area contributed by atoms with Crippen molar-refractivity contribution in [3.63, 3.8) is 0 Å². The highest BCUT2D eigenvalue weighted by molar-refractivity contribution is 7.11. The number of carbonyl (C=O) groups excluding carboxylic acids is 1. The fraction of sp³-hybridized carbons (Fsp3) is 0.520. The van der Waals surface area contributed by atoms with Crippen LogP contribution in [0, 0.1) is 6.92 Å². The number of amides is 1. The molecule has 9 nitrogen and oxygen atoms in total. The lowest BCUT2D eigenvalue weighted by atomic mass is 10.2. The molecule has 1 aliphatic rings. The summed E-state index contributed by atoms with van der Waals surface area (Å²) in [4.78, 5) is 24.0. The molecule has 2 aromatic rings. The first-order valence-corrected chi connectivity index (χ1v) is 13.3. The maximum Gasteiger partial charge on any atom is 0.412 e. The number of alkyl halides is 6. The molecule has 2 N–H and O–H groups in total. The Kier molecular flexibility index (Phi) is 10.6. The van der Waals surface area contributed by atoms with Crippen molar-refractivity contribution >= 4 is 45.9 Å². The topological polar surface area (TPSA) is 94.5 Å². The summed E-state index contributed by atoms with van der Waals surface area (Å²) in [5.74, 6) is 0.0460. The van der Waals surface area contributed by atoms with Crippen LogP contribution in [0.1, 0.15) is 28.9 Å². The summed E-state index contributed by atoms with van der Waals surface area (Å²) in [7, 11) is 5.25. The maximum absolute atomic E-state index is 13.2. The van der Waals surface area contributed by atoms with Crippen LogP contribution in [0.3, 0.4) is 0 Å². The third kappa shape index (κ3) is 9.59. The third-order valence-electron chi connectivity index (χ3n) is 5.94. The number of carbonyl (C=O) groups is 1. The Balaban J connectivity index is 1.64. The lowest BCUT2D eigenvalue weighted by molar-refractivity contribution is -0.144. The Labute approximate surface area is 237 Å². The van der Waals surface area contributed by atoms with Crippen LogP contribution in [0.4, 0.5) is 42.7 Å². The van der Waals surface area contributed by atoms with Gasteiger partial charge < -0.3 is 25.2 Å². The first-order valence-electron chi connectivity index (χ1n) is 12.5. The zero-order valence-electron chi connectivity index (χ0n) is 22.9. The summed E-state index contributed by atoms with van der Waals surface area (Å²) >= 11 is 0.961. The van der Waals surface area contributed by atoms with Crippen LogP contribution in [0.25, 0.3) is 0 Å². The van der Waals surface area contributed by atoms with Crippen LogP contribution in [-0.2, 0) is 0 Å². The Bertz CT molecular complexity index is 1260. The number of hydrogen-bond acceptors (Lipinski definition) is 9. The molecule has 1 aromatic carbocycles. The highest BCUT2D eigenvalue weighted by atomic mass is 32.1. The standard InChI is InChI=1S/C25H31F6N7O2S/c1-15-21(23(41-36-15)35-20-14-32-19(13-33-20)25(29,30)31)22(39)34-16-6-7-17(37(2)3)18(12-16)40-11-5-9-38(4)10-8-24(26,27)28/h6-7,12,14,19H,5,8-11,13H2,1-4H3,(H,33,35)(H,34,39). The number of aliphatic imine (C=N–C) groups is 2. The van der Waals surface area contributed by atoms with Gasteiger partial charge in [-0.1, -0.05) is 0 Å². The van der Waals surface area contributed by atoms with E-state index >= 15 is 0 Å². The quantitative estimate of drug-likeness (QED) is 0.268. The minimum absolute atomic E-state index is 0.0817. The second kappa shape index (κ2) is 13.5. The van der Waals surface area contributed by atoms with Crippen LogP contribution >= 0.6 is 11.5 Å². The SMILES string of the molecule is Cc1nsc(NC2=NCC(C(F)(F)F)N=C2)c1C(=O)Nc1ccc(N(C)C)c(OCCCN(C)CCC(F)(F)F)c1. The van der Waals surface area contributed by atoms with Crippen molar-refractivity contribution < 1.29 is 35.9 Å². The normalized spacial score (nSPS) is 15.6. The molecule has 0 fully saturated rings. The van der Waals surface area contributed by atoms with Gasteiger partial charge in [-0.05, 0) is 44.1 Å². The smallest absolute Gasteiger partial charge is 0.412 e. The molecule has 1 atom stereocenters. The third-order valence-corrected chi connectivity index (χ3v) is 6.79. The van der Waals surface area contributed by atoms with Crippen molar-refractivity contribution in [3.8, 4) is 5.75 Å². The molecule has 0 aliphatic carbocycles. The Morgan fingerprint density at radius 3 is 2.49 bits per heavy atom. The number of hydrogen-bond donors (Lipinski definition) is 2. The summed E-state index contributed by atoms with van der Waals surface area (Å²) in [6.07, 6.45) is -8.11. The van der Waals surface area contributed by atoms with E-state index in [0.29, 0.717) is 35.1 Å². The van der Waals surface area contributed by atoms with Crippen molar-refractivity contribution in [1.82, 2.24) is 9.27 Å². The van der Waals surface area contributed by atoms with Crippen LogP contribution < -0.4 is 20.3 Å². The molecule has 0 radical (unpaired) electrons. The van der Waals surface area contributed by atoms with Crippen molar-refractivity contribution in [2.75, 3.05) is 62.9 Å². The monoisotopic (exact) mass is 607 g/mol. The summed E-state index contributed by atoms with van der Waals surface area (Å²) in [5, 5.41) is 5.92. The average molecular weight is 608 g/mol. The second-order valence-corrected chi connectivity index (χ2v) is 10.3. The molecule has 1 aromatic heterocycles. The van der Waals surface area contributed by atoms with Crippen LogP contribution in [0.15, 0.2) is 28.2 Å². The van der Waals surface area contributed by atoms with E-state index in [1.54, 1.807) is 37.1 Å². The molecule has 0 saturated carbocycles. The molecule has 16 heteroatoms. The number of amidine groups is 1. The second-order valence-electron chi connectivity index (χ2n) is 9.56. The van der Waals surface area contributed by atoms with Gasteiger partial charge >= 0.3 is 12.4 Å². The Morgan fingerprint density at radius 1 is 1.15 bits per heavy atom. The first kappa shape index (κ1) is 32.1. The molecule has 0 spiro atoms.